The number of carbonyl (C=O) groups is 1. The van der Waals surface area contributed by atoms with Gasteiger partial charge in [0, 0.05) is 16.7 Å². The molecule has 1 aromatic carbocycles. The molecule has 1 saturated carbocycles. The van der Waals surface area contributed by atoms with Gasteiger partial charge in [-0.3, -0.25) is 4.79 Å². The van der Waals surface area contributed by atoms with Crippen molar-refractivity contribution >= 4 is 48.8 Å². The molecule has 8 heteroatoms. The minimum atomic E-state index is -3.98. The van der Waals surface area contributed by atoms with Gasteiger partial charge in [0.2, 0.25) is 0 Å². The highest BCUT2D eigenvalue weighted by Gasteiger charge is 2.23. The molecule has 1 amide bonds. The summed E-state index contributed by atoms with van der Waals surface area (Å²) in [5.74, 6) is -0.439. The summed E-state index contributed by atoms with van der Waals surface area (Å²) in [7, 11) is 1.29. The molecule has 1 aliphatic rings. The Hall–Kier alpha value is -0.490. The predicted molar refractivity (Wildman–Crippen MR) is 79.2 cm³/mol. The second-order valence-electron chi connectivity index (χ2n) is 4.66. The Morgan fingerprint density at radius 1 is 1.20 bits per heavy atom. The molecule has 4 nitrogen and oxygen atoms in total. The van der Waals surface area contributed by atoms with Crippen LogP contribution in [-0.4, -0.2) is 20.4 Å². The first kappa shape index (κ1) is 15.9. The molecule has 0 atom stereocenters. The van der Waals surface area contributed by atoms with E-state index in [-0.39, 0.29) is 26.5 Å². The van der Waals surface area contributed by atoms with Crippen LogP contribution in [0.3, 0.4) is 0 Å². The van der Waals surface area contributed by atoms with E-state index in [4.69, 9.17) is 33.9 Å². The van der Waals surface area contributed by atoms with Crippen molar-refractivity contribution in [2.75, 3.05) is 0 Å². The Morgan fingerprint density at radius 2 is 1.80 bits per heavy atom. The lowest BCUT2D eigenvalue weighted by Crippen LogP contribution is -2.32. The molecule has 0 heterocycles. The van der Waals surface area contributed by atoms with Crippen LogP contribution in [0, 0.1) is 0 Å². The van der Waals surface area contributed by atoms with Crippen LogP contribution in [-0.2, 0) is 9.05 Å². The summed E-state index contributed by atoms with van der Waals surface area (Å²) >= 11 is 11.8. The van der Waals surface area contributed by atoms with Gasteiger partial charge in [0.25, 0.3) is 15.0 Å². The highest BCUT2D eigenvalue weighted by Crippen LogP contribution is 2.31. The van der Waals surface area contributed by atoms with E-state index in [1.54, 1.807) is 0 Å². The normalized spacial score (nSPS) is 16.4. The molecule has 1 fully saturated rings. The zero-order valence-corrected chi connectivity index (χ0v) is 13.4. The van der Waals surface area contributed by atoms with Crippen molar-refractivity contribution < 1.29 is 13.2 Å². The van der Waals surface area contributed by atoms with Crippen LogP contribution >= 0.6 is 33.9 Å². The van der Waals surface area contributed by atoms with Crippen molar-refractivity contribution in [3.05, 3.63) is 27.7 Å². The summed E-state index contributed by atoms with van der Waals surface area (Å²) in [5, 5.41) is 2.82. The molecule has 0 radical (unpaired) electrons. The maximum atomic E-state index is 12.2. The predicted octanol–water partition coefficient (Wildman–Crippen LogP) is 3.59. The van der Waals surface area contributed by atoms with Gasteiger partial charge in [-0.1, -0.05) is 36.0 Å². The fourth-order valence-electron chi connectivity index (χ4n) is 2.20. The average molecular weight is 357 g/mol. The van der Waals surface area contributed by atoms with Crippen molar-refractivity contribution in [2.45, 2.75) is 36.6 Å². The third-order valence-electron chi connectivity index (χ3n) is 3.22. The van der Waals surface area contributed by atoms with Gasteiger partial charge in [-0.15, -0.1) is 0 Å². The van der Waals surface area contributed by atoms with Crippen molar-refractivity contribution in [1.82, 2.24) is 5.32 Å². The molecule has 110 valence electrons. The highest BCUT2D eigenvalue weighted by atomic mass is 35.7. The Labute approximate surface area is 131 Å². The topological polar surface area (TPSA) is 63.2 Å². The minimum absolute atomic E-state index is 0.0188. The SMILES string of the molecule is O=C(NC1CCCC1)c1cc(S(=O)(=O)Cl)cc(Cl)c1Cl. The average Bonchev–Trinajstić information content (AvgIpc) is 2.83. The molecule has 0 aromatic heterocycles. The van der Waals surface area contributed by atoms with E-state index in [1.807, 2.05) is 0 Å². The fraction of sp³-hybridized carbons (Fsp3) is 0.417. The molecule has 20 heavy (non-hydrogen) atoms. The molecule has 0 saturated heterocycles. The Bertz CT molecular complexity index is 640. The quantitative estimate of drug-likeness (QED) is 0.842. The molecule has 1 aromatic rings. The molecule has 0 bridgehead atoms. The lowest BCUT2D eigenvalue weighted by Gasteiger charge is -2.13. The van der Waals surface area contributed by atoms with Gasteiger partial charge in [-0.25, -0.2) is 8.42 Å². The number of hydrogen-bond acceptors (Lipinski definition) is 3. The van der Waals surface area contributed by atoms with Gasteiger partial charge in [0.15, 0.2) is 0 Å². The summed E-state index contributed by atoms with van der Waals surface area (Å²) in [6, 6.07) is 2.35. The number of nitrogens with one attached hydrogen (secondary N) is 1. The van der Waals surface area contributed by atoms with Crippen molar-refractivity contribution in [2.24, 2.45) is 0 Å². The van der Waals surface area contributed by atoms with Crippen LogP contribution in [0.5, 0.6) is 0 Å². The van der Waals surface area contributed by atoms with E-state index < -0.39 is 15.0 Å². The van der Waals surface area contributed by atoms with E-state index >= 15 is 0 Å². The van der Waals surface area contributed by atoms with Crippen molar-refractivity contribution in [3.8, 4) is 0 Å². The summed E-state index contributed by atoms with van der Waals surface area (Å²) in [6.07, 6.45) is 3.94. The van der Waals surface area contributed by atoms with Crippen LogP contribution in [0.4, 0.5) is 0 Å². The second kappa shape index (κ2) is 6.10. The zero-order valence-electron chi connectivity index (χ0n) is 10.3. The summed E-state index contributed by atoms with van der Waals surface area (Å²) < 4.78 is 22.7. The summed E-state index contributed by atoms with van der Waals surface area (Å²) in [5.41, 5.74) is 0.0188. The third-order valence-corrected chi connectivity index (χ3v) is 5.35. The summed E-state index contributed by atoms with van der Waals surface area (Å²) in [6.45, 7) is 0. The smallest absolute Gasteiger partial charge is 0.261 e. The number of halogens is 3. The van der Waals surface area contributed by atoms with Crippen LogP contribution in [0.15, 0.2) is 17.0 Å². The first-order chi connectivity index (χ1) is 9.29. The Kier molecular flexibility index (Phi) is 4.84. The lowest BCUT2D eigenvalue weighted by atomic mass is 10.2. The van der Waals surface area contributed by atoms with Crippen molar-refractivity contribution in [1.29, 1.82) is 0 Å². The van der Waals surface area contributed by atoms with Gasteiger partial charge < -0.3 is 5.32 Å². The molecule has 2 rings (SSSR count). The van der Waals surface area contributed by atoms with Gasteiger partial charge in [0.1, 0.15) is 0 Å². The van der Waals surface area contributed by atoms with Gasteiger partial charge in [0.05, 0.1) is 20.5 Å². The standard InChI is InChI=1S/C12H12Cl3NO3S/c13-10-6-8(20(15,18)19)5-9(11(10)14)12(17)16-7-3-1-2-4-7/h5-7H,1-4H2,(H,16,17). The van der Waals surface area contributed by atoms with Gasteiger partial charge in [-0.2, -0.15) is 0 Å². The van der Waals surface area contributed by atoms with Crippen LogP contribution in [0.1, 0.15) is 36.0 Å². The van der Waals surface area contributed by atoms with E-state index in [2.05, 4.69) is 5.32 Å². The maximum absolute atomic E-state index is 12.2. The Morgan fingerprint density at radius 3 is 2.35 bits per heavy atom. The number of benzene rings is 1. The van der Waals surface area contributed by atoms with Crippen LogP contribution in [0.2, 0.25) is 10.0 Å². The minimum Gasteiger partial charge on any atom is -0.349 e. The second-order valence-corrected chi connectivity index (χ2v) is 8.01. The monoisotopic (exact) mass is 355 g/mol. The molecular formula is C12H12Cl3NO3S. The number of carbonyl (C=O) groups excluding carboxylic acids is 1. The van der Waals surface area contributed by atoms with Crippen molar-refractivity contribution in [3.63, 3.8) is 0 Å². The molecule has 0 spiro atoms. The summed E-state index contributed by atoms with van der Waals surface area (Å²) in [4.78, 5) is 11.9. The third kappa shape index (κ3) is 3.58. The first-order valence-corrected chi connectivity index (χ1v) is 9.10. The van der Waals surface area contributed by atoms with E-state index in [0.29, 0.717) is 0 Å². The van der Waals surface area contributed by atoms with Crippen LogP contribution in [0.25, 0.3) is 0 Å². The fourth-order valence-corrected chi connectivity index (χ4v) is 3.47. The number of amides is 1. The molecule has 1 aliphatic carbocycles. The highest BCUT2D eigenvalue weighted by molar-refractivity contribution is 8.13. The van der Waals surface area contributed by atoms with E-state index in [9.17, 15) is 13.2 Å². The van der Waals surface area contributed by atoms with Crippen LogP contribution < -0.4 is 5.32 Å². The maximum Gasteiger partial charge on any atom is 0.261 e. The molecule has 0 aliphatic heterocycles. The first-order valence-electron chi connectivity index (χ1n) is 6.03. The molecule has 1 N–H and O–H groups in total. The Balaban J connectivity index is 2.34. The molecular weight excluding hydrogens is 345 g/mol. The van der Waals surface area contributed by atoms with Gasteiger partial charge in [-0.05, 0) is 25.0 Å². The number of hydrogen-bond donors (Lipinski definition) is 1. The zero-order chi connectivity index (χ0) is 14.9. The van der Waals surface area contributed by atoms with E-state index in [1.165, 1.54) is 0 Å². The number of rotatable bonds is 3. The lowest BCUT2D eigenvalue weighted by molar-refractivity contribution is 0.0938. The van der Waals surface area contributed by atoms with E-state index in [0.717, 1.165) is 37.8 Å². The molecule has 0 unspecified atom stereocenters. The largest absolute Gasteiger partial charge is 0.349 e. The van der Waals surface area contributed by atoms with Gasteiger partial charge >= 0.3 is 0 Å².